The quantitative estimate of drug-likeness (QED) is 0.151. The summed E-state index contributed by atoms with van der Waals surface area (Å²) in [5.74, 6) is 0. The average molecular weight is 862 g/mol. The highest BCUT2D eigenvalue weighted by Gasteiger charge is 2.48. The summed E-state index contributed by atoms with van der Waals surface area (Å²) < 4.78 is 7.02. The molecule has 0 atom stereocenters. The smallest absolute Gasteiger partial charge is 0.143 e. The number of anilines is 2. The molecular formula is C65H51NO. The van der Waals surface area contributed by atoms with E-state index in [1.165, 1.54) is 72.4 Å². The van der Waals surface area contributed by atoms with Crippen molar-refractivity contribution in [1.29, 1.82) is 0 Å². The molecular weight excluding hydrogens is 811 g/mol. The lowest BCUT2D eigenvalue weighted by Crippen LogP contribution is -2.28. The van der Waals surface area contributed by atoms with E-state index < -0.39 is 5.41 Å². The molecule has 12 rings (SSSR count). The van der Waals surface area contributed by atoms with Gasteiger partial charge < -0.3 is 9.32 Å². The second kappa shape index (κ2) is 15.9. The molecule has 9 aromatic rings. The first-order chi connectivity index (χ1) is 32.9. The maximum Gasteiger partial charge on any atom is 0.143 e. The van der Waals surface area contributed by atoms with Gasteiger partial charge in [-0.2, -0.15) is 0 Å². The Hall–Kier alpha value is -7.94. The molecule has 1 heterocycles. The Bertz CT molecular complexity index is 3460. The topological polar surface area (TPSA) is 16.4 Å². The van der Waals surface area contributed by atoms with Crippen LogP contribution in [0, 0.1) is 5.41 Å². The first kappa shape index (κ1) is 40.6. The summed E-state index contributed by atoms with van der Waals surface area (Å²) in [5, 5.41) is 2.25. The summed E-state index contributed by atoms with van der Waals surface area (Å²) in [6.45, 7) is 9.20. The first-order valence-corrected chi connectivity index (χ1v) is 23.6. The Kier molecular flexibility index (Phi) is 9.62. The van der Waals surface area contributed by atoms with Gasteiger partial charge in [0.25, 0.3) is 0 Å². The van der Waals surface area contributed by atoms with E-state index in [9.17, 15) is 0 Å². The highest BCUT2D eigenvalue weighted by molar-refractivity contribution is 6.12. The van der Waals surface area contributed by atoms with Crippen LogP contribution in [0.4, 0.5) is 11.4 Å². The molecule has 0 unspecified atom stereocenters. The second-order valence-electron chi connectivity index (χ2n) is 18.7. The largest absolute Gasteiger partial charge is 0.455 e. The molecule has 0 saturated heterocycles. The number of para-hydroxylation sites is 1. The fourth-order valence-corrected chi connectivity index (χ4v) is 11.4. The summed E-state index contributed by atoms with van der Waals surface area (Å²) in [6, 6.07) is 71.2. The summed E-state index contributed by atoms with van der Waals surface area (Å²) in [5.41, 5.74) is 21.7. The Labute approximate surface area is 393 Å². The first-order valence-electron chi connectivity index (χ1n) is 23.6. The lowest BCUT2D eigenvalue weighted by molar-refractivity contribution is 0.564. The molecule has 0 aliphatic heterocycles. The third kappa shape index (κ3) is 6.31. The average Bonchev–Trinajstić information content (AvgIpc) is 3.87. The van der Waals surface area contributed by atoms with Gasteiger partial charge in [0.15, 0.2) is 0 Å². The number of allylic oxidation sites excluding steroid dienone is 9. The number of hydrogen-bond donors (Lipinski definition) is 0. The highest BCUT2D eigenvalue weighted by Crippen LogP contribution is 2.60. The number of nitrogens with zero attached hydrogens (tertiary/aromatic N) is 1. The van der Waals surface area contributed by atoms with E-state index in [1.54, 1.807) is 0 Å². The minimum atomic E-state index is -0.597. The van der Waals surface area contributed by atoms with Crippen LogP contribution in [0.15, 0.2) is 257 Å². The van der Waals surface area contributed by atoms with Gasteiger partial charge in [-0.05, 0) is 130 Å². The maximum atomic E-state index is 7.02. The van der Waals surface area contributed by atoms with E-state index in [-0.39, 0.29) is 5.41 Å². The Morgan fingerprint density at radius 3 is 1.79 bits per heavy atom. The molecule has 67 heavy (non-hydrogen) atoms. The Morgan fingerprint density at radius 1 is 0.552 bits per heavy atom. The lowest BCUT2D eigenvalue weighted by Gasteiger charge is -2.34. The van der Waals surface area contributed by atoms with E-state index in [4.69, 9.17) is 4.42 Å². The third-order valence-electron chi connectivity index (χ3n) is 14.8. The molecule has 3 aliphatic carbocycles. The number of benzene rings is 8. The summed E-state index contributed by atoms with van der Waals surface area (Å²) >= 11 is 0. The SMILES string of the molecule is C/C=C\C1=C(C)C(C)(C)C2=CC(N(c3cc(-c4ccccc4)cc(-c4ccccc4)c3)c3ccc4c(c3)-c3c(ccc5c3oc3ccccc35)C4(c3ccccc3)c3ccccc3)=CCC=C21. The molecule has 0 bridgehead atoms. The minimum Gasteiger partial charge on any atom is -0.455 e. The molecule has 0 fully saturated rings. The molecule has 322 valence electrons. The molecule has 0 N–H and O–H groups in total. The van der Waals surface area contributed by atoms with Crippen LogP contribution in [0.3, 0.4) is 0 Å². The Morgan fingerprint density at radius 2 is 1.15 bits per heavy atom. The zero-order valence-electron chi connectivity index (χ0n) is 38.4. The molecule has 2 nitrogen and oxygen atoms in total. The minimum absolute atomic E-state index is 0.161. The van der Waals surface area contributed by atoms with Gasteiger partial charge in [0.2, 0.25) is 0 Å². The number of hydrogen-bond acceptors (Lipinski definition) is 2. The molecule has 8 aromatic carbocycles. The third-order valence-corrected chi connectivity index (χ3v) is 14.8. The molecule has 3 aliphatic rings. The van der Waals surface area contributed by atoms with Gasteiger partial charge in [-0.15, -0.1) is 0 Å². The van der Waals surface area contributed by atoms with Gasteiger partial charge in [-0.3, -0.25) is 0 Å². The van der Waals surface area contributed by atoms with Gasteiger partial charge in [-0.1, -0.05) is 201 Å². The molecule has 0 radical (unpaired) electrons. The van der Waals surface area contributed by atoms with Gasteiger partial charge in [-0.25, -0.2) is 0 Å². The lowest BCUT2D eigenvalue weighted by atomic mass is 9.67. The fourth-order valence-electron chi connectivity index (χ4n) is 11.4. The van der Waals surface area contributed by atoms with Gasteiger partial charge >= 0.3 is 0 Å². The Balaban J connectivity index is 1.17. The van der Waals surface area contributed by atoms with Crippen molar-refractivity contribution in [2.75, 3.05) is 4.90 Å². The second-order valence-corrected chi connectivity index (χ2v) is 18.7. The number of furan rings is 1. The monoisotopic (exact) mass is 861 g/mol. The van der Waals surface area contributed by atoms with E-state index >= 15 is 0 Å². The predicted octanol–water partition coefficient (Wildman–Crippen LogP) is 17.5. The fraction of sp³-hybridized carbons (Fsp3) is 0.108. The van der Waals surface area contributed by atoms with Crippen molar-refractivity contribution in [3.05, 3.63) is 275 Å². The van der Waals surface area contributed by atoms with Crippen LogP contribution in [0.25, 0.3) is 55.3 Å². The molecule has 0 spiro atoms. The summed E-state index contributed by atoms with van der Waals surface area (Å²) in [6.07, 6.45) is 12.6. The molecule has 1 aromatic heterocycles. The molecule has 0 saturated carbocycles. The highest BCUT2D eigenvalue weighted by atomic mass is 16.3. The molecule has 0 amide bonds. The van der Waals surface area contributed by atoms with Crippen LogP contribution >= 0.6 is 0 Å². The van der Waals surface area contributed by atoms with Gasteiger partial charge in [0.05, 0.1) is 5.41 Å². The predicted molar refractivity (Wildman–Crippen MR) is 281 cm³/mol. The van der Waals surface area contributed by atoms with Crippen molar-refractivity contribution < 1.29 is 4.42 Å². The normalized spacial score (nSPS) is 15.8. The van der Waals surface area contributed by atoms with Crippen molar-refractivity contribution >= 4 is 33.3 Å². The van der Waals surface area contributed by atoms with Crippen molar-refractivity contribution in [1.82, 2.24) is 0 Å². The van der Waals surface area contributed by atoms with Gasteiger partial charge in [0, 0.05) is 38.8 Å². The van der Waals surface area contributed by atoms with E-state index in [0.717, 1.165) is 51.0 Å². The van der Waals surface area contributed by atoms with Crippen LogP contribution in [-0.2, 0) is 5.41 Å². The van der Waals surface area contributed by atoms with Crippen molar-refractivity contribution in [2.24, 2.45) is 5.41 Å². The summed E-state index contributed by atoms with van der Waals surface area (Å²) in [4.78, 5) is 2.52. The molecule has 2 heteroatoms. The van der Waals surface area contributed by atoms with Crippen LogP contribution in [0.5, 0.6) is 0 Å². The van der Waals surface area contributed by atoms with Crippen LogP contribution in [0.2, 0.25) is 0 Å². The van der Waals surface area contributed by atoms with Crippen molar-refractivity contribution in [3.63, 3.8) is 0 Å². The van der Waals surface area contributed by atoms with E-state index in [2.05, 4.69) is 257 Å². The zero-order valence-corrected chi connectivity index (χ0v) is 38.4. The standard InChI is InChI=1S/C65H51NO/c1-5-21-53-43(2)64(3,4)60-42-50(30-20-32-54(53)60)66(52-39-46(44-22-10-6-11-23-44)38-47(40-52)45-24-12-7-13-25-45)51-34-36-58-57(41-51)62-59(37-35-56-55-31-18-19-33-61(55)67-63(56)62)65(58,48-26-14-8-15-27-48)49-28-16-9-17-29-49/h5-19,21-42H,20H2,1-4H3/b21-5-. The van der Waals surface area contributed by atoms with Crippen LogP contribution in [0.1, 0.15) is 56.4 Å². The van der Waals surface area contributed by atoms with Crippen molar-refractivity contribution in [3.8, 4) is 33.4 Å². The zero-order chi connectivity index (χ0) is 45.3. The van der Waals surface area contributed by atoms with Gasteiger partial charge in [0.1, 0.15) is 11.2 Å². The van der Waals surface area contributed by atoms with Crippen LogP contribution in [-0.4, -0.2) is 0 Å². The summed E-state index contributed by atoms with van der Waals surface area (Å²) in [7, 11) is 0. The van der Waals surface area contributed by atoms with Crippen molar-refractivity contribution in [2.45, 2.75) is 39.5 Å². The maximum absolute atomic E-state index is 7.02. The number of rotatable bonds is 8. The van der Waals surface area contributed by atoms with Crippen LogP contribution < -0.4 is 4.90 Å². The number of fused-ring (bicyclic) bond motifs is 8. The van der Waals surface area contributed by atoms with E-state index in [1.807, 2.05) is 0 Å². The van der Waals surface area contributed by atoms with E-state index in [0.29, 0.717) is 0 Å².